The number of nitrogens with one attached hydrogen (secondary N) is 1. The van der Waals surface area contributed by atoms with Gasteiger partial charge in [0.2, 0.25) is 5.91 Å². The van der Waals surface area contributed by atoms with Gasteiger partial charge in [0.1, 0.15) is 5.54 Å². The molecule has 116 valence electrons. The van der Waals surface area contributed by atoms with Crippen LogP contribution in [-0.2, 0) is 4.79 Å². The van der Waals surface area contributed by atoms with Gasteiger partial charge in [-0.3, -0.25) is 4.79 Å². The first kappa shape index (κ1) is 15.9. The van der Waals surface area contributed by atoms with E-state index in [0.717, 1.165) is 31.4 Å². The molecule has 0 saturated heterocycles. The fraction of sp³-hybridized carbons (Fsp3) is 0.611. The lowest BCUT2D eigenvalue weighted by molar-refractivity contribution is -0.122. The van der Waals surface area contributed by atoms with Crippen LogP contribution in [0, 0.1) is 11.3 Å². The molecule has 1 amide bonds. The maximum absolute atomic E-state index is 12.1. The molecule has 3 heteroatoms. The number of benzene rings is 1. The minimum Gasteiger partial charge on any atom is -0.371 e. The number of rotatable bonds is 3. The number of hydrogen-bond donors (Lipinski definition) is 2. The van der Waals surface area contributed by atoms with E-state index in [1.54, 1.807) is 0 Å². The van der Waals surface area contributed by atoms with E-state index in [9.17, 15) is 4.79 Å². The molecule has 1 fully saturated rings. The van der Waals surface area contributed by atoms with Crippen molar-refractivity contribution in [2.24, 2.45) is 17.1 Å². The van der Waals surface area contributed by atoms with Crippen LogP contribution in [0.1, 0.15) is 52.9 Å². The number of nitrogens with two attached hydrogens (primary N) is 1. The van der Waals surface area contributed by atoms with E-state index >= 15 is 0 Å². The molecule has 3 N–H and O–H groups in total. The van der Waals surface area contributed by atoms with Gasteiger partial charge in [-0.2, -0.15) is 0 Å². The molecular weight excluding hydrogens is 260 g/mol. The van der Waals surface area contributed by atoms with Crippen LogP contribution in [0.5, 0.6) is 0 Å². The van der Waals surface area contributed by atoms with Gasteiger partial charge in [0.15, 0.2) is 0 Å². The second-order valence-electron chi connectivity index (χ2n) is 7.43. The van der Waals surface area contributed by atoms with Crippen molar-refractivity contribution in [2.45, 2.75) is 58.4 Å². The van der Waals surface area contributed by atoms with E-state index in [4.69, 9.17) is 5.73 Å². The van der Waals surface area contributed by atoms with Gasteiger partial charge in [0.25, 0.3) is 0 Å². The van der Waals surface area contributed by atoms with Crippen LogP contribution in [0.2, 0.25) is 0 Å². The summed E-state index contributed by atoms with van der Waals surface area (Å²) in [5.41, 5.74) is 6.45. The topological polar surface area (TPSA) is 55.1 Å². The van der Waals surface area contributed by atoms with E-state index in [1.807, 2.05) is 30.3 Å². The number of carbonyl (C=O) groups is 1. The van der Waals surface area contributed by atoms with Crippen molar-refractivity contribution in [2.75, 3.05) is 5.32 Å². The molecule has 0 aliphatic heterocycles. The van der Waals surface area contributed by atoms with Crippen LogP contribution in [0.15, 0.2) is 30.3 Å². The summed E-state index contributed by atoms with van der Waals surface area (Å²) in [4.78, 5) is 12.1. The molecule has 1 aromatic rings. The Morgan fingerprint density at radius 3 is 2.43 bits per heavy atom. The number of amides is 1. The first-order chi connectivity index (χ1) is 9.83. The Labute approximate surface area is 128 Å². The SMILES string of the molecule is CC(C)(C)C1CCCC(Nc2ccccc2)(C(N)=O)CC1. The van der Waals surface area contributed by atoms with E-state index in [2.05, 4.69) is 26.1 Å². The van der Waals surface area contributed by atoms with Crippen LogP contribution in [0.4, 0.5) is 5.69 Å². The summed E-state index contributed by atoms with van der Waals surface area (Å²) in [6.07, 6.45) is 4.91. The third-order valence-electron chi connectivity index (χ3n) is 4.93. The maximum Gasteiger partial charge on any atom is 0.243 e. The molecule has 0 heterocycles. The molecule has 1 aromatic carbocycles. The van der Waals surface area contributed by atoms with Gasteiger partial charge in [0, 0.05) is 5.69 Å². The normalized spacial score (nSPS) is 26.9. The van der Waals surface area contributed by atoms with Crippen LogP contribution in [0.25, 0.3) is 0 Å². The second-order valence-corrected chi connectivity index (χ2v) is 7.43. The predicted molar refractivity (Wildman–Crippen MR) is 88.0 cm³/mol. The number of primary amides is 1. The molecule has 1 aliphatic carbocycles. The van der Waals surface area contributed by atoms with E-state index in [-0.39, 0.29) is 5.91 Å². The zero-order valence-electron chi connectivity index (χ0n) is 13.5. The smallest absolute Gasteiger partial charge is 0.243 e. The fourth-order valence-electron chi connectivity index (χ4n) is 3.44. The predicted octanol–water partition coefficient (Wildman–Crippen LogP) is 3.95. The average molecular weight is 288 g/mol. The summed E-state index contributed by atoms with van der Waals surface area (Å²) >= 11 is 0. The molecule has 3 nitrogen and oxygen atoms in total. The third kappa shape index (κ3) is 3.78. The minimum atomic E-state index is -0.596. The Balaban J connectivity index is 2.18. The second kappa shape index (κ2) is 6.08. The van der Waals surface area contributed by atoms with Crippen molar-refractivity contribution in [1.29, 1.82) is 0 Å². The quantitative estimate of drug-likeness (QED) is 0.827. The van der Waals surface area contributed by atoms with Crippen molar-refractivity contribution >= 4 is 11.6 Å². The highest BCUT2D eigenvalue weighted by Gasteiger charge is 2.40. The zero-order chi connectivity index (χ0) is 15.5. The van der Waals surface area contributed by atoms with Crippen molar-refractivity contribution in [1.82, 2.24) is 0 Å². The molecule has 2 rings (SSSR count). The van der Waals surface area contributed by atoms with Crippen LogP contribution < -0.4 is 11.1 Å². The summed E-state index contributed by atoms with van der Waals surface area (Å²) < 4.78 is 0. The van der Waals surface area contributed by atoms with Crippen LogP contribution in [-0.4, -0.2) is 11.4 Å². The zero-order valence-corrected chi connectivity index (χ0v) is 13.5. The van der Waals surface area contributed by atoms with E-state index in [0.29, 0.717) is 11.3 Å². The highest BCUT2D eigenvalue weighted by atomic mass is 16.1. The number of anilines is 1. The number of hydrogen-bond acceptors (Lipinski definition) is 2. The highest BCUT2D eigenvalue weighted by molar-refractivity contribution is 5.88. The molecule has 0 radical (unpaired) electrons. The first-order valence-electron chi connectivity index (χ1n) is 7.97. The Morgan fingerprint density at radius 1 is 1.19 bits per heavy atom. The lowest BCUT2D eigenvalue weighted by Crippen LogP contribution is -2.50. The van der Waals surface area contributed by atoms with E-state index < -0.39 is 5.54 Å². The fourth-order valence-corrected chi connectivity index (χ4v) is 3.44. The maximum atomic E-state index is 12.1. The van der Waals surface area contributed by atoms with Crippen molar-refractivity contribution in [3.05, 3.63) is 30.3 Å². The van der Waals surface area contributed by atoms with Crippen LogP contribution >= 0.6 is 0 Å². The molecule has 21 heavy (non-hydrogen) atoms. The summed E-state index contributed by atoms with van der Waals surface area (Å²) in [6, 6.07) is 9.93. The molecule has 0 aromatic heterocycles. The molecule has 0 spiro atoms. The van der Waals surface area contributed by atoms with Gasteiger partial charge in [-0.15, -0.1) is 0 Å². The molecule has 2 unspecified atom stereocenters. The van der Waals surface area contributed by atoms with Crippen molar-refractivity contribution in [3.8, 4) is 0 Å². The Kier molecular flexibility index (Phi) is 4.60. The molecule has 0 bridgehead atoms. The Hall–Kier alpha value is -1.51. The van der Waals surface area contributed by atoms with Crippen molar-refractivity contribution in [3.63, 3.8) is 0 Å². The molecule has 1 aliphatic rings. The lowest BCUT2D eigenvalue weighted by atomic mass is 9.76. The summed E-state index contributed by atoms with van der Waals surface area (Å²) in [5.74, 6) is 0.428. The van der Waals surface area contributed by atoms with Gasteiger partial charge < -0.3 is 11.1 Å². The largest absolute Gasteiger partial charge is 0.371 e. The van der Waals surface area contributed by atoms with Gasteiger partial charge in [-0.25, -0.2) is 0 Å². The standard InChI is InChI=1S/C18H28N2O/c1-17(2,3)14-8-7-12-18(13-11-14,16(19)21)20-15-9-5-4-6-10-15/h4-6,9-10,14,20H,7-8,11-13H2,1-3H3,(H2,19,21). The number of carbonyl (C=O) groups excluding carboxylic acids is 1. The lowest BCUT2D eigenvalue weighted by Gasteiger charge is -2.33. The Morgan fingerprint density at radius 2 is 1.86 bits per heavy atom. The summed E-state index contributed by atoms with van der Waals surface area (Å²) in [7, 11) is 0. The minimum absolute atomic E-state index is 0.221. The third-order valence-corrected chi connectivity index (χ3v) is 4.93. The van der Waals surface area contributed by atoms with E-state index in [1.165, 1.54) is 6.42 Å². The van der Waals surface area contributed by atoms with Crippen molar-refractivity contribution < 1.29 is 4.79 Å². The van der Waals surface area contributed by atoms with Gasteiger partial charge in [-0.1, -0.05) is 45.4 Å². The molecule has 1 saturated carbocycles. The number of para-hydroxylation sites is 1. The highest BCUT2D eigenvalue weighted by Crippen LogP contribution is 2.40. The first-order valence-corrected chi connectivity index (χ1v) is 7.97. The Bertz CT molecular complexity index is 478. The van der Waals surface area contributed by atoms with Gasteiger partial charge in [0.05, 0.1) is 0 Å². The van der Waals surface area contributed by atoms with Crippen LogP contribution in [0.3, 0.4) is 0 Å². The molecule has 2 atom stereocenters. The summed E-state index contributed by atoms with van der Waals surface area (Å²) in [5, 5.41) is 3.43. The average Bonchev–Trinajstić information content (AvgIpc) is 2.63. The summed E-state index contributed by atoms with van der Waals surface area (Å²) in [6.45, 7) is 6.87. The monoisotopic (exact) mass is 288 g/mol. The molecular formula is C18H28N2O. The van der Waals surface area contributed by atoms with Gasteiger partial charge in [-0.05, 0) is 49.1 Å². The van der Waals surface area contributed by atoms with Gasteiger partial charge >= 0.3 is 0 Å².